The Bertz CT molecular complexity index is 1780. The van der Waals surface area contributed by atoms with Gasteiger partial charge < -0.3 is 33.6 Å². The molecule has 294 valence electrons. The van der Waals surface area contributed by atoms with Gasteiger partial charge in [-0.1, -0.05) is 123 Å². The molecule has 2 N–H and O–H groups in total. The van der Waals surface area contributed by atoms with Crippen LogP contribution >= 0.6 is 0 Å². The molecule has 8 heteroatoms. The van der Waals surface area contributed by atoms with E-state index in [1.807, 2.05) is 50.3 Å². The minimum Gasteiger partial charge on any atom is -0.534 e. The van der Waals surface area contributed by atoms with E-state index < -0.39 is 20.0 Å². The Kier molecular flexibility index (Phi) is 15.1. The van der Waals surface area contributed by atoms with Gasteiger partial charge in [-0.3, -0.25) is 0 Å². The molecule has 0 heterocycles. The molecule has 1 aliphatic rings. The second-order valence-corrected chi connectivity index (χ2v) is 20.1. The number of hydrogen-bond acceptors (Lipinski definition) is 7. The Hall–Kier alpha value is -4.02. The summed E-state index contributed by atoms with van der Waals surface area (Å²) in [7, 11) is -1.27. The number of rotatable bonds is 18. The molecule has 4 aromatic rings. The highest BCUT2D eigenvalue weighted by molar-refractivity contribution is 7.00. The average Bonchev–Trinajstić information content (AvgIpc) is 3.18. The van der Waals surface area contributed by atoms with Crippen LogP contribution in [0.3, 0.4) is 0 Å². The van der Waals surface area contributed by atoms with Gasteiger partial charge in [0.15, 0.2) is 0 Å². The molecule has 0 aliphatic heterocycles. The van der Waals surface area contributed by atoms with E-state index in [9.17, 15) is 10.2 Å². The summed E-state index contributed by atoms with van der Waals surface area (Å²) in [6.07, 6.45) is 5.29. The van der Waals surface area contributed by atoms with Crippen LogP contribution in [0.5, 0.6) is 11.5 Å². The summed E-state index contributed by atoms with van der Waals surface area (Å²) in [6.45, 7) is 12.5. The largest absolute Gasteiger partial charge is 0.534 e. The zero-order valence-corrected chi connectivity index (χ0v) is 34.5. The maximum absolute atomic E-state index is 11.4. The SMILES string of the molecule is COCCOCOC/C(=C\c1ccc(O[Si](c2ccccc2)(c2ccccc2)C(C)(C)C)cc1OCc1ccccc1)[C@@H]1CC[C@](O)(CC=C(C)C)[C@@H](O)C1. The smallest absolute Gasteiger partial charge is 0.319 e. The maximum Gasteiger partial charge on any atom is 0.319 e. The average molecular weight is 765 g/mol. The van der Waals surface area contributed by atoms with E-state index in [4.69, 9.17) is 23.4 Å². The highest BCUT2D eigenvalue weighted by Gasteiger charge is 2.52. The van der Waals surface area contributed by atoms with Crippen LogP contribution < -0.4 is 19.5 Å². The van der Waals surface area contributed by atoms with Crippen LogP contribution in [0.25, 0.3) is 6.08 Å². The first kappa shape index (κ1) is 42.1. The molecule has 0 saturated heterocycles. The first-order valence-electron chi connectivity index (χ1n) is 19.4. The topological polar surface area (TPSA) is 86.6 Å². The fourth-order valence-corrected chi connectivity index (χ4v) is 11.8. The minimum atomic E-state index is -2.91. The molecule has 1 aliphatic carbocycles. The van der Waals surface area contributed by atoms with Gasteiger partial charge in [-0.2, -0.15) is 0 Å². The number of hydrogen-bond donors (Lipinski definition) is 2. The van der Waals surface area contributed by atoms with Crippen molar-refractivity contribution in [2.75, 3.05) is 33.7 Å². The van der Waals surface area contributed by atoms with Crippen molar-refractivity contribution in [3.63, 3.8) is 0 Å². The van der Waals surface area contributed by atoms with Crippen LogP contribution in [0, 0.1) is 5.92 Å². The fraction of sp³-hybridized carbons (Fsp3) is 0.404. The second-order valence-electron chi connectivity index (χ2n) is 15.9. The predicted octanol–water partition coefficient (Wildman–Crippen LogP) is 8.47. The van der Waals surface area contributed by atoms with Gasteiger partial charge in [0.05, 0.1) is 31.5 Å². The lowest BCUT2D eigenvalue weighted by Gasteiger charge is -2.43. The molecule has 5 rings (SSSR count). The summed E-state index contributed by atoms with van der Waals surface area (Å²) in [5.74, 6) is 1.40. The van der Waals surface area contributed by atoms with Gasteiger partial charge in [0.1, 0.15) is 24.9 Å². The van der Waals surface area contributed by atoms with Crippen molar-refractivity contribution in [2.45, 2.75) is 83.7 Å². The Morgan fingerprint density at radius 2 is 1.49 bits per heavy atom. The molecule has 0 amide bonds. The summed E-state index contributed by atoms with van der Waals surface area (Å²) in [6, 6.07) is 37.5. The van der Waals surface area contributed by atoms with Gasteiger partial charge in [-0.15, -0.1) is 0 Å². The van der Waals surface area contributed by atoms with E-state index in [1.54, 1.807) is 7.11 Å². The van der Waals surface area contributed by atoms with Crippen molar-refractivity contribution in [3.05, 3.63) is 138 Å². The summed E-state index contributed by atoms with van der Waals surface area (Å²) in [4.78, 5) is 0. The highest BCUT2D eigenvalue weighted by atomic mass is 28.4. The molecule has 0 spiro atoms. The van der Waals surface area contributed by atoms with Gasteiger partial charge in [0, 0.05) is 18.7 Å². The maximum atomic E-state index is 11.4. The normalized spacial score (nSPS) is 19.2. The number of aliphatic hydroxyl groups is 2. The summed E-state index contributed by atoms with van der Waals surface area (Å²) < 4.78 is 30.9. The highest BCUT2D eigenvalue weighted by Crippen LogP contribution is 2.41. The zero-order chi connectivity index (χ0) is 39.3. The Balaban J connectivity index is 1.55. The van der Waals surface area contributed by atoms with Gasteiger partial charge in [0.2, 0.25) is 0 Å². The Morgan fingerprint density at radius 3 is 2.07 bits per heavy atom. The molecule has 0 radical (unpaired) electrons. The van der Waals surface area contributed by atoms with Crippen LogP contribution in [-0.2, 0) is 20.8 Å². The van der Waals surface area contributed by atoms with Crippen molar-refractivity contribution >= 4 is 24.8 Å². The fourth-order valence-electron chi connectivity index (χ4n) is 7.43. The van der Waals surface area contributed by atoms with E-state index in [0.717, 1.165) is 28.0 Å². The Labute approximate surface area is 329 Å². The standard InChI is InChI=1S/C47H60O7Si/c1-36(2)24-26-47(49)27-25-38(31-45(47)48)40(34-52-35-51-29-28-50-6)30-39-22-23-41(32-44(39)53-33-37-16-10-7-11-17-37)54-55(46(3,4)5,42-18-12-8-13-19-42)43-20-14-9-15-21-43/h7-24,30,32,38,45,48-49H,25-29,31,33-35H2,1-6H3/b40-30+/t38-,45+,47-/m1/s1. The number of ether oxygens (including phenoxy) is 4. The molecule has 0 bridgehead atoms. The van der Waals surface area contributed by atoms with Crippen molar-refractivity contribution in [2.24, 2.45) is 5.92 Å². The monoisotopic (exact) mass is 764 g/mol. The van der Waals surface area contributed by atoms with Gasteiger partial charge in [-0.25, -0.2) is 0 Å². The molecule has 0 unspecified atom stereocenters. The number of allylic oxidation sites excluding steroid dienone is 1. The van der Waals surface area contributed by atoms with E-state index >= 15 is 0 Å². The van der Waals surface area contributed by atoms with Crippen molar-refractivity contribution in [1.82, 2.24) is 0 Å². The summed E-state index contributed by atoms with van der Waals surface area (Å²) >= 11 is 0. The van der Waals surface area contributed by atoms with E-state index in [0.29, 0.717) is 57.9 Å². The van der Waals surface area contributed by atoms with Gasteiger partial charge in [0.25, 0.3) is 0 Å². The lowest BCUT2D eigenvalue weighted by Crippen LogP contribution is -2.68. The molecule has 4 aromatic carbocycles. The number of benzene rings is 4. The van der Waals surface area contributed by atoms with Gasteiger partial charge in [-0.05, 0) is 90.2 Å². The molecular weight excluding hydrogens is 705 g/mol. The third-order valence-electron chi connectivity index (χ3n) is 10.6. The van der Waals surface area contributed by atoms with Crippen LogP contribution in [-0.4, -0.2) is 64.0 Å². The quantitative estimate of drug-likeness (QED) is 0.0455. The van der Waals surface area contributed by atoms with Crippen LogP contribution in [0.4, 0.5) is 0 Å². The molecule has 3 atom stereocenters. The van der Waals surface area contributed by atoms with Crippen molar-refractivity contribution in [3.8, 4) is 11.5 Å². The van der Waals surface area contributed by atoms with Crippen molar-refractivity contribution in [1.29, 1.82) is 0 Å². The Morgan fingerprint density at radius 1 is 0.855 bits per heavy atom. The minimum absolute atomic E-state index is 0.0176. The number of aliphatic hydroxyl groups excluding tert-OH is 1. The molecule has 7 nitrogen and oxygen atoms in total. The summed E-state index contributed by atoms with van der Waals surface area (Å²) in [5.41, 5.74) is 2.90. The molecular formula is C47H60O7Si. The molecule has 55 heavy (non-hydrogen) atoms. The third kappa shape index (κ3) is 11.1. The third-order valence-corrected chi connectivity index (χ3v) is 15.5. The van der Waals surface area contributed by atoms with Crippen LogP contribution in [0.15, 0.2) is 126 Å². The van der Waals surface area contributed by atoms with E-state index in [1.165, 1.54) is 10.4 Å². The predicted molar refractivity (Wildman–Crippen MR) is 224 cm³/mol. The van der Waals surface area contributed by atoms with Crippen LogP contribution in [0.1, 0.15) is 71.4 Å². The first-order chi connectivity index (χ1) is 26.4. The van der Waals surface area contributed by atoms with E-state index in [2.05, 4.69) is 106 Å². The second kappa shape index (κ2) is 19.7. The zero-order valence-electron chi connectivity index (χ0n) is 33.5. The lowest BCUT2D eigenvalue weighted by atomic mass is 9.72. The van der Waals surface area contributed by atoms with E-state index in [-0.39, 0.29) is 17.7 Å². The molecule has 1 saturated carbocycles. The first-order valence-corrected chi connectivity index (χ1v) is 21.4. The molecule has 1 fully saturated rings. The number of methoxy groups -OCH3 is 1. The van der Waals surface area contributed by atoms with Crippen molar-refractivity contribution < 1.29 is 33.6 Å². The van der Waals surface area contributed by atoms with Gasteiger partial charge >= 0.3 is 8.32 Å². The molecule has 0 aromatic heterocycles. The summed E-state index contributed by atoms with van der Waals surface area (Å²) in [5, 5.41) is 24.9. The van der Waals surface area contributed by atoms with Crippen LogP contribution in [0.2, 0.25) is 5.04 Å². The lowest BCUT2D eigenvalue weighted by molar-refractivity contribution is -0.108.